The summed E-state index contributed by atoms with van der Waals surface area (Å²) in [4.78, 5) is 1.39. The average Bonchev–Trinajstić information content (AvgIpc) is 2.58. The molecule has 2 aliphatic rings. The zero-order valence-electron chi connectivity index (χ0n) is 5.00. The molecule has 1 fully saturated rings. The molecule has 0 saturated heterocycles. The first-order valence-corrected chi connectivity index (χ1v) is 3.82. The van der Waals surface area contributed by atoms with Crippen LogP contribution in [-0.4, -0.2) is 4.52 Å². The quantitative estimate of drug-likeness (QED) is 0.416. The van der Waals surface area contributed by atoms with Gasteiger partial charge in [0.1, 0.15) is 0 Å². The van der Waals surface area contributed by atoms with Crippen molar-refractivity contribution in [2.24, 2.45) is 11.8 Å². The SMILES string of the molecule is NN1NC=C(C2CC2)S1. The molecule has 0 radical (unpaired) electrons. The number of rotatable bonds is 1. The van der Waals surface area contributed by atoms with E-state index < -0.39 is 0 Å². The van der Waals surface area contributed by atoms with Crippen LogP contribution in [0, 0.1) is 5.92 Å². The molecule has 0 aromatic carbocycles. The molecule has 1 aliphatic carbocycles. The van der Waals surface area contributed by atoms with Gasteiger partial charge in [0, 0.05) is 11.1 Å². The lowest BCUT2D eigenvalue weighted by Crippen LogP contribution is -2.30. The van der Waals surface area contributed by atoms with E-state index in [0.29, 0.717) is 0 Å². The topological polar surface area (TPSA) is 41.3 Å². The van der Waals surface area contributed by atoms with Gasteiger partial charge in [0.25, 0.3) is 0 Å². The maximum Gasteiger partial charge on any atom is 0.0263 e. The van der Waals surface area contributed by atoms with Crippen LogP contribution in [0.2, 0.25) is 0 Å². The standard InChI is InChI=1S/C5H9N3S/c6-8-7-3-5(9-8)4-1-2-4/h3-4,7H,1-2,6H2. The van der Waals surface area contributed by atoms with E-state index >= 15 is 0 Å². The van der Waals surface area contributed by atoms with E-state index in [4.69, 9.17) is 5.84 Å². The van der Waals surface area contributed by atoms with Gasteiger partial charge in [0.15, 0.2) is 0 Å². The third-order valence-corrected chi connectivity index (χ3v) is 2.48. The Bertz CT molecular complexity index is 152. The highest BCUT2D eigenvalue weighted by Crippen LogP contribution is 2.43. The van der Waals surface area contributed by atoms with E-state index in [9.17, 15) is 0 Å². The van der Waals surface area contributed by atoms with Crippen molar-refractivity contribution in [1.82, 2.24) is 9.95 Å². The van der Waals surface area contributed by atoms with Crippen molar-refractivity contribution in [3.63, 3.8) is 0 Å². The fourth-order valence-electron chi connectivity index (χ4n) is 0.854. The summed E-state index contributed by atoms with van der Waals surface area (Å²) < 4.78 is 1.54. The monoisotopic (exact) mass is 143 g/mol. The summed E-state index contributed by atoms with van der Waals surface area (Å²) in [6.45, 7) is 0. The Morgan fingerprint density at radius 2 is 2.56 bits per heavy atom. The van der Waals surface area contributed by atoms with Gasteiger partial charge in [0.2, 0.25) is 0 Å². The molecule has 1 heterocycles. The van der Waals surface area contributed by atoms with E-state index in [-0.39, 0.29) is 0 Å². The Hall–Kier alpha value is -0.190. The van der Waals surface area contributed by atoms with Gasteiger partial charge < -0.3 is 5.43 Å². The van der Waals surface area contributed by atoms with Crippen LogP contribution in [0.3, 0.4) is 0 Å². The van der Waals surface area contributed by atoms with Crippen LogP contribution in [0.4, 0.5) is 0 Å². The highest BCUT2D eigenvalue weighted by atomic mass is 32.2. The third-order valence-electron chi connectivity index (χ3n) is 1.52. The molecule has 1 aliphatic heterocycles. The smallest absolute Gasteiger partial charge is 0.0263 e. The first kappa shape index (κ1) is 5.58. The minimum absolute atomic E-state index is 0.816. The Balaban J connectivity index is 1.98. The highest BCUT2D eigenvalue weighted by Gasteiger charge is 2.29. The molecular weight excluding hydrogens is 134 g/mol. The molecule has 0 amide bonds. The molecular formula is C5H9N3S. The molecule has 9 heavy (non-hydrogen) atoms. The van der Waals surface area contributed by atoms with Crippen LogP contribution in [0.25, 0.3) is 0 Å². The lowest BCUT2D eigenvalue weighted by atomic mass is 10.4. The van der Waals surface area contributed by atoms with Crippen molar-refractivity contribution in [3.8, 4) is 0 Å². The summed E-state index contributed by atoms with van der Waals surface area (Å²) in [7, 11) is 0. The molecule has 3 N–H and O–H groups in total. The molecule has 2 rings (SSSR count). The zero-order valence-corrected chi connectivity index (χ0v) is 5.82. The van der Waals surface area contributed by atoms with Gasteiger partial charge in [-0.25, -0.2) is 5.84 Å². The lowest BCUT2D eigenvalue weighted by molar-refractivity contribution is 0.440. The molecule has 0 unspecified atom stereocenters. The number of allylic oxidation sites excluding steroid dienone is 1. The zero-order chi connectivity index (χ0) is 6.27. The van der Waals surface area contributed by atoms with E-state index in [1.54, 1.807) is 11.9 Å². The van der Waals surface area contributed by atoms with Gasteiger partial charge in [-0.1, -0.05) is 4.52 Å². The van der Waals surface area contributed by atoms with Crippen LogP contribution in [0.15, 0.2) is 11.1 Å². The lowest BCUT2D eigenvalue weighted by Gasteiger charge is -2.04. The fourth-order valence-corrected chi connectivity index (χ4v) is 1.68. The van der Waals surface area contributed by atoms with Crippen molar-refractivity contribution in [3.05, 3.63) is 11.1 Å². The summed E-state index contributed by atoms with van der Waals surface area (Å²) in [5.74, 6) is 6.24. The molecule has 0 spiro atoms. The van der Waals surface area contributed by atoms with E-state index in [1.165, 1.54) is 22.3 Å². The van der Waals surface area contributed by atoms with Gasteiger partial charge in [-0.2, -0.15) is 0 Å². The predicted octanol–water partition coefficient (Wildman–Crippen LogP) is 0.580. The summed E-state index contributed by atoms with van der Waals surface area (Å²) in [6, 6.07) is 0. The first-order chi connectivity index (χ1) is 4.36. The summed E-state index contributed by atoms with van der Waals surface area (Å²) in [5, 5.41) is 0. The largest absolute Gasteiger partial charge is 0.302 e. The van der Waals surface area contributed by atoms with Crippen molar-refractivity contribution in [2.45, 2.75) is 12.8 Å². The highest BCUT2D eigenvalue weighted by molar-refractivity contribution is 8.01. The fraction of sp³-hybridized carbons (Fsp3) is 0.600. The van der Waals surface area contributed by atoms with E-state index in [2.05, 4.69) is 5.43 Å². The molecule has 0 atom stereocenters. The number of nitrogens with two attached hydrogens (primary N) is 1. The van der Waals surface area contributed by atoms with Crippen LogP contribution < -0.4 is 11.3 Å². The summed E-state index contributed by atoms with van der Waals surface area (Å²) >= 11 is 1.60. The Kier molecular flexibility index (Phi) is 1.18. The second kappa shape index (κ2) is 1.90. The van der Waals surface area contributed by atoms with Crippen LogP contribution in [-0.2, 0) is 0 Å². The third kappa shape index (κ3) is 1.05. The van der Waals surface area contributed by atoms with Crippen molar-refractivity contribution in [1.29, 1.82) is 0 Å². The molecule has 1 saturated carbocycles. The molecule has 0 aromatic rings. The normalized spacial score (nSPS) is 27.9. The van der Waals surface area contributed by atoms with Gasteiger partial charge in [-0.05, 0) is 30.7 Å². The maximum absolute atomic E-state index is 5.42. The Morgan fingerprint density at radius 3 is 3.00 bits per heavy atom. The summed E-state index contributed by atoms with van der Waals surface area (Å²) in [5.41, 5.74) is 2.90. The van der Waals surface area contributed by atoms with Crippen LogP contribution in [0.1, 0.15) is 12.8 Å². The molecule has 0 bridgehead atoms. The van der Waals surface area contributed by atoms with Crippen molar-refractivity contribution in [2.75, 3.05) is 0 Å². The van der Waals surface area contributed by atoms with Gasteiger partial charge in [-0.15, -0.1) is 0 Å². The minimum atomic E-state index is 0.816. The average molecular weight is 143 g/mol. The number of hydrazine groups is 2. The predicted molar refractivity (Wildman–Crippen MR) is 37.6 cm³/mol. The van der Waals surface area contributed by atoms with Gasteiger partial charge in [-0.3, -0.25) is 0 Å². The van der Waals surface area contributed by atoms with Crippen LogP contribution in [0.5, 0.6) is 0 Å². The van der Waals surface area contributed by atoms with Crippen LogP contribution >= 0.6 is 11.9 Å². The molecule has 0 aromatic heterocycles. The van der Waals surface area contributed by atoms with Gasteiger partial charge >= 0.3 is 0 Å². The Morgan fingerprint density at radius 1 is 1.78 bits per heavy atom. The first-order valence-electron chi connectivity index (χ1n) is 3.05. The second-order valence-electron chi connectivity index (χ2n) is 2.37. The summed E-state index contributed by atoms with van der Waals surface area (Å²) in [6.07, 6.45) is 4.67. The Labute approximate surface area is 58.3 Å². The minimum Gasteiger partial charge on any atom is -0.302 e. The number of nitrogens with zero attached hydrogens (tertiary/aromatic N) is 1. The number of hydrogen-bond donors (Lipinski definition) is 2. The number of hydrogen-bond acceptors (Lipinski definition) is 4. The van der Waals surface area contributed by atoms with E-state index in [0.717, 1.165) is 5.92 Å². The second-order valence-corrected chi connectivity index (χ2v) is 3.41. The molecule has 50 valence electrons. The van der Waals surface area contributed by atoms with E-state index in [1.807, 2.05) is 6.20 Å². The maximum atomic E-state index is 5.42. The number of nitrogens with one attached hydrogen (secondary N) is 1. The van der Waals surface area contributed by atoms with Crippen molar-refractivity contribution >= 4 is 11.9 Å². The van der Waals surface area contributed by atoms with Crippen molar-refractivity contribution < 1.29 is 0 Å². The molecule has 4 heteroatoms. The molecule has 3 nitrogen and oxygen atoms in total. The van der Waals surface area contributed by atoms with Gasteiger partial charge in [0.05, 0.1) is 0 Å².